The zero-order valence-corrected chi connectivity index (χ0v) is 7.88. The summed E-state index contributed by atoms with van der Waals surface area (Å²) in [6.45, 7) is 1.57. The van der Waals surface area contributed by atoms with E-state index in [-0.39, 0.29) is 5.92 Å². The normalized spacial score (nSPS) is 28.3. The van der Waals surface area contributed by atoms with Crippen LogP contribution in [0.4, 0.5) is 0 Å². The highest BCUT2D eigenvalue weighted by molar-refractivity contribution is 7.99. The fourth-order valence-corrected chi connectivity index (χ4v) is 2.68. The molecule has 1 heterocycles. The first-order valence-corrected chi connectivity index (χ1v) is 5.27. The van der Waals surface area contributed by atoms with E-state index in [0.717, 1.165) is 17.9 Å². The van der Waals surface area contributed by atoms with Crippen molar-refractivity contribution in [3.8, 4) is 0 Å². The minimum absolute atomic E-state index is 0.182. The second-order valence-electron chi connectivity index (χ2n) is 3.24. The maximum atomic E-state index is 10.5. The van der Waals surface area contributed by atoms with Crippen molar-refractivity contribution in [3.63, 3.8) is 0 Å². The van der Waals surface area contributed by atoms with Crippen LogP contribution in [0.3, 0.4) is 0 Å². The van der Waals surface area contributed by atoms with Crippen LogP contribution >= 0.6 is 11.8 Å². The standard InChI is InChI=1S/C8H14O3S/c1-5(8(10)11)7(9)6-2-3-12-4-6/h5-7,9H,2-4H2,1H3,(H,10,11). The summed E-state index contributed by atoms with van der Waals surface area (Å²) in [7, 11) is 0. The average Bonchev–Trinajstić information content (AvgIpc) is 2.53. The van der Waals surface area contributed by atoms with Crippen LogP contribution in [-0.4, -0.2) is 33.8 Å². The van der Waals surface area contributed by atoms with E-state index in [2.05, 4.69) is 0 Å². The molecule has 0 bridgehead atoms. The van der Waals surface area contributed by atoms with Crippen LogP contribution < -0.4 is 0 Å². The highest BCUT2D eigenvalue weighted by Gasteiger charge is 2.31. The smallest absolute Gasteiger partial charge is 0.308 e. The Morgan fingerprint density at radius 1 is 1.67 bits per heavy atom. The zero-order valence-electron chi connectivity index (χ0n) is 7.06. The number of carboxylic acids is 1. The summed E-state index contributed by atoms with van der Waals surface area (Å²) in [5, 5.41) is 18.2. The van der Waals surface area contributed by atoms with Gasteiger partial charge in [0.05, 0.1) is 12.0 Å². The van der Waals surface area contributed by atoms with Crippen molar-refractivity contribution in [1.82, 2.24) is 0 Å². The Morgan fingerprint density at radius 3 is 2.75 bits per heavy atom. The Kier molecular flexibility index (Phi) is 3.40. The monoisotopic (exact) mass is 190 g/mol. The summed E-state index contributed by atoms with van der Waals surface area (Å²) in [5.41, 5.74) is 0. The lowest BCUT2D eigenvalue weighted by molar-refractivity contribution is -0.145. The largest absolute Gasteiger partial charge is 0.481 e. The molecule has 0 amide bonds. The van der Waals surface area contributed by atoms with Crippen LogP contribution in [0.25, 0.3) is 0 Å². The molecule has 1 aliphatic rings. The third-order valence-corrected chi connectivity index (χ3v) is 3.54. The number of carboxylic acid groups (broad SMARTS) is 1. The molecule has 0 aromatic carbocycles. The minimum atomic E-state index is -0.903. The fourth-order valence-electron chi connectivity index (χ4n) is 1.38. The summed E-state index contributed by atoms with van der Waals surface area (Å²) < 4.78 is 0. The highest BCUT2D eigenvalue weighted by atomic mass is 32.2. The van der Waals surface area contributed by atoms with E-state index in [1.807, 2.05) is 0 Å². The molecule has 1 fully saturated rings. The number of thioether (sulfide) groups is 1. The molecule has 3 nitrogen and oxygen atoms in total. The quantitative estimate of drug-likeness (QED) is 0.692. The maximum Gasteiger partial charge on any atom is 0.308 e. The predicted molar refractivity (Wildman–Crippen MR) is 48.2 cm³/mol. The Morgan fingerprint density at radius 2 is 2.33 bits per heavy atom. The Hall–Kier alpha value is -0.220. The van der Waals surface area contributed by atoms with Gasteiger partial charge in [0.1, 0.15) is 0 Å². The molecule has 0 aromatic rings. The van der Waals surface area contributed by atoms with Gasteiger partial charge in [0, 0.05) is 0 Å². The first-order chi connectivity index (χ1) is 5.63. The molecule has 0 aromatic heterocycles. The summed E-state index contributed by atoms with van der Waals surface area (Å²) in [6, 6.07) is 0. The van der Waals surface area contributed by atoms with Gasteiger partial charge in [-0.15, -0.1) is 0 Å². The van der Waals surface area contributed by atoms with Gasteiger partial charge in [-0.1, -0.05) is 0 Å². The van der Waals surface area contributed by atoms with Gasteiger partial charge in [-0.25, -0.2) is 0 Å². The number of aliphatic hydroxyl groups is 1. The van der Waals surface area contributed by atoms with Gasteiger partial charge in [0.15, 0.2) is 0 Å². The third-order valence-electron chi connectivity index (χ3n) is 2.35. The molecule has 1 aliphatic heterocycles. The van der Waals surface area contributed by atoms with E-state index in [4.69, 9.17) is 5.11 Å². The van der Waals surface area contributed by atoms with Gasteiger partial charge in [-0.2, -0.15) is 11.8 Å². The molecule has 4 heteroatoms. The minimum Gasteiger partial charge on any atom is -0.481 e. The maximum absolute atomic E-state index is 10.5. The topological polar surface area (TPSA) is 57.5 Å². The van der Waals surface area contributed by atoms with Crippen LogP contribution in [0.15, 0.2) is 0 Å². The van der Waals surface area contributed by atoms with Crippen molar-refractivity contribution < 1.29 is 15.0 Å². The fraction of sp³-hybridized carbons (Fsp3) is 0.875. The Bertz CT molecular complexity index is 166. The Labute approximate surface area is 76.2 Å². The van der Waals surface area contributed by atoms with Gasteiger partial charge in [0.25, 0.3) is 0 Å². The van der Waals surface area contributed by atoms with Crippen LogP contribution in [0.2, 0.25) is 0 Å². The van der Waals surface area contributed by atoms with Gasteiger partial charge >= 0.3 is 5.97 Å². The van der Waals surface area contributed by atoms with Gasteiger partial charge in [0.2, 0.25) is 0 Å². The summed E-state index contributed by atoms with van der Waals surface area (Å²) in [5.74, 6) is 0.599. The molecular weight excluding hydrogens is 176 g/mol. The van der Waals surface area contributed by atoms with Gasteiger partial charge in [-0.3, -0.25) is 4.79 Å². The molecule has 12 heavy (non-hydrogen) atoms. The molecule has 1 saturated heterocycles. The van der Waals surface area contributed by atoms with E-state index in [1.165, 1.54) is 0 Å². The molecular formula is C8H14O3S. The molecule has 3 unspecified atom stereocenters. The molecule has 0 aliphatic carbocycles. The first kappa shape index (κ1) is 9.86. The van der Waals surface area contributed by atoms with Crippen molar-refractivity contribution in [3.05, 3.63) is 0 Å². The van der Waals surface area contributed by atoms with E-state index < -0.39 is 18.0 Å². The molecule has 0 radical (unpaired) electrons. The zero-order chi connectivity index (χ0) is 9.14. The average molecular weight is 190 g/mol. The van der Waals surface area contributed by atoms with Crippen molar-refractivity contribution in [2.45, 2.75) is 19.4 Å². The van der Waals surface area contributed by atoms with E-state index in [0.29, 0.717) is 0 Å². The van der Waals surface area contributed by atoms with E-state index >= 15 is 0 Å². The van der Waals surface area contributed by atoms with Gasteiger partial charge < -0.3 is 10.2 Å². The van der Waals surface area contributed by atoms with Crippen molar-refractivity contribution in [2.75, 3.05) is 11.5 Å². The van der Waals surface area contributed by atoms with Crippen LogP contribution in [0.1, 0.15) is 13.3 Å². The molecule has 0 saturated carbocycles. The number of rotatable bonds is 3. The third kappa shape index (κ3) is 2.14. The SMILES string of the molecule is CC(C(=O)O)C(O)C1CCSC1. The molecule has 3 atom stereocenters. The lowest BCUT2D eigenvalue weighted by Gasteiger charge is -2.20. The second-order valence-corrected chi connectivity index (χ2v) is 4.39. The van der Waals surface area contributed by atoms with Crippen LogP contribution in [0.5, 0.6) is 0 Å². The van der Waals surface area contributed by atoms with Gasteiger partial charge in [-0.05, 0) is 30.8 Å². The first-order valence-electron chi connectivity index (χ1n) is 4.11. The summed E-state index contributed by atoms with van der Waals surface area (Å²) in [6.07, 6.45) is 0.279. The lowest BCUT2D eigenvalue weighted by Crippen LogP contribution is -2.32. The number of carbonyl (C=O) groups is 1. The number of hydrogen-bond donors (Lipinski definition) is 2. The number of aliphatic carboxylic acids is 1. The van der Waals surface area contributed by atoms with Crippen molar-refractivity contribution in [1.29, 1.82) is 0 Å². The number of aliphatic hydroxyl groups excluding tert-OH is 1. The van der Waals surface area contributed by atoms with Crippen LogP contribution in [0, 0.1) is 11.8 Å². The molecule has 70 valence electrons. The Balaban J connectivity index is 2.44. The van der Waals surface area contributed by atoms with E-state index in [9.17, 15) is 9.90 Å². The van der Waals surface area contributed by atoms with Crippen LogP contribution in [-0.2, 0) is 4.79 Å². The molecule has 1 rings (SSSR count). The number of hydrogen-bond acceptors (Lipinski definition) is 3. The second kappa shape index (κ2) is 4.14. The molecule has 2 N–H and O–H groups in total. The van der Waals surface area contributed by atoms with E-state index in [1.54, 1.807) is 18.7 Å². The van der Waals surface area contributed by atoms with Crippen molar-refractivity contribution >= 4 is 17.7 Å². The molecule has 0 spiro atoms. The predicted octanol–water partition coefficient (Wildman–Crippen LogP) is 0.821. The summed E-state index contributed by atoms with van der Waals surface area (Å²) >= 11 is 1.79. The lowest BCUT2D eigenvalue weighted by atomic mass is 9.92. The summed E-state index contributed by atoms with van der Waals surface area (Å²) in [4.78, 5) is 10.5. The van der Waals surface area contributed by atoms with Crippen molar-refractivity contribution in [2.24, 2.45) is 11.8 Å². The highest BCUT2D eigenvalue weighted by Crippen LogP contribution is 2.29.